The Morgan fingerprint density at radius 1 is 1.29 bits per heavy atom. The van der Waals surface area contributed by atoms with Gasteiger partial charge in [-0.1, -0.05) is 23.9 Å². The zero-order chi connectivity index (χ0) is 17.7. The van der Waals surface area contributed by atoms with Crippen molar-refractivity contribution in [3.8, 4) is 0 Å². The molecule has 1 aromatic carbocycles. The maximum atomic E-state index is 12.1. The van der Waals surface area contributed by atoms with Crippen LogP contribution in [0.2, 0.25) is 0 Å². The van der Waals surface area contributed by atoms with Crippen LogP contribution in [0.5, 0.6) is 0 Å². The summed E-state index contributed by atoms with van der Waals surface area (Å²) in [6.07, 6.45) is 0.665. The first-order valence-corrected chi connectivity index (χ1v) is 8.52. The van der Waals surface area contributed by atoms with Gasteiger partial charge in [-0.05, 0) is 31.0 Å². The summed E-state index contributed by atoms with van der Waals surface area (Å²) in [7, 11) is 1.81. The van der Waals surface area contributed by atoms with Gasteiger partial charge in [0.05, 0.1) is 5.75 Å². The minimum absolute atomic E-state index is 0.101. The number of amides is 2. The monoisotopic (exact) mass is 347 g/mol. The molecule has 3 N–H and O–H groups in total. The molecule has 2 amide bonds. The maximum Gasteiger partial charge on any atom is 0.234 e. The SMILES string of the molecule is Cc1cccc(NC(=O)CSc2nnc(CCC(N)=O)n2C)c1C. The first kappa shape index (κ1) is 18.0. The van der Waals surface area contributed by atoms with Crippen LogP contribution in [-0.4, -0.2) is 32.3 Å². The van der Waals surface area contributed by atoms with Crippen LogP contribution in [0.4, 0.5) is 5.69 Å². The normalized spacial score (nSPS) is 10.6. The number of nitrogens with one attached hydrogen (secondary N) is 1. The molecule has 24 heavy (non-hydrogen) atoms. The highest BCUT2D eigenvalue weighted by molar-refractivity contribution is 7.99. The molecule has 128 valence electrons. The molecule has 1 aromatic heterocycles. The molecule has 7 nitrogen and oxygen atoms in total. The molecule has 0 atom stereocenters. The first-order valence-electron chi connectivity index (χ1n) is 7.54. The van der Waals surface area contributed by atoms with E-state index in [1.807, 2.05) is 32.0 Å². The molecular formula is C16H21N5O2S. The number of carbonyl (C=O) groups excluding carboxylic acids is 2. The lowest BCUT2D eigenvalue weighted by atomic mass is 10.1. The van der Waals surface area contributed by atoms with Crippen molar-refractivity contribution in [1.82, 2.24) is 14.8 Å². The minimum Gasteiger partial charge on any atom is -0.370 e. The number of primary amides is 1. The van der Waals surface area contributed by atoms with Gasteiger partial charge in [-0.2, -0.15) is 0 Å². The second-order valence-corrected chi connectivity index (χ2v) is 6.45. The highest BCUT2D eigenvalue weighted by atomic mass is 32.2. The van der Waals surface area contributed by atoms with Crippen LogP contribution in [0.25, 0.3) is 0 Å². The van der Waals surface area contributed by atoms with Gasteiger partial charge in [-0.25, -0.2) is 0 Å². The number of rotatable bonds is 7. The Kier molecular flexibility index (Phi) is 5.97. The van der Waals surface area contributed by atoms with Gasteiger partial charge in [0.2, 0.25) is 11.8 Å². The number of thioether (sulfide) groups is 1. The maximum absolute atomic E-state index is 12.1. The van der Waals surface area contributed by atoms with E-state index in [-0.39, 0.29) is 24.0 Å². The van der Waals surface area contributed by atoms with Crippen LogP contribution in [-0.2, 0) is 23.1 Å². The number of aryl methyl sites for hydroxylation is 2. The van der Waals surface area contributed by atoms with E-state index in [1.54, 1.807) is 11.6 Å². The minimum atomic E-state index is -0.375. The molecule has 0 radical (unpaired) electrons. The van der Waals surface area contributed by atoms with Crippen molar-refractivity contribution in [1.29, 1.82) is 0 Å². The molecule has 1 heterocycles. The van der Waals surface area contributed by atoms with E-state index in [0.717, 1.165) is 16.8 Å². The fourth-order valence-electron chi connectivity index (χ4n) is 2.13. The van der Waals surface area contributed by atoms with Crippen LogP contribution < -0.4 is 11.1 Å². The number of carbonyl (C=O) groups is 2. The molecule has 0 aliphatic heterocycles. The van der Waals surface area contributed by atoms with Crippen molar-refractivity contribution >= 4 is 29.3 Å². The second kappa shape index (κ2) is 7.96. The van der Waals surface area contributed by atoms with Gasteiger partial charge in [-0.3, -0.25) is 9.59 Å². The van der Waals surface area contributed by atoms with Gasteiger partial charge < -0.3 is 15.6 Å². The number of aromatic nitrogens is 3. The van der Waals surface area contributed by atoms with E-state index >= 15 is 0 Å². The molecule has 2 aromatic rings. The molecule has 0 bridgehead atoms. The topological polar surface area (TPSA) is 103 Å². The summed E-state index contributed by atoms with van der Waals surface area (Å²) in [5.74, 6) is 0.427. The quantitative estimate of drug-likeness (QED) is 0.740. The number of hydrogen-bond donors (Lipinski definition) is 2. The predicted octanol–water partition coefficient (Wildman–Crippen LogP) is 1.58. The van der Waals surface area contributed by atoms with Crippen molar-refractivity contribution in [2.75, 3.05) is 11.1 Å². The Morgan fingerprint density at radius 2 is 2.04 bits per heavy atom. The van der Waals surface area contributed by atoms with E-state index < -0.39 is 0 Å². The fourth-order valence-corrected chi connectivity index (χ4v) is 2.86. The summed E-state index contributed by atoms with van der Waals surface area (Å²) in [4.78, 5) is 23.0. The summed E-state index contributed by atoms with van der Waals surface area (Å²) in [6, 6.07) is 5.81. The Balaban J connectivity index is 1.92. The van der Waals surface area contributed by atoms with Crippen LogP contribution in [0.1, 0.15) is 23.4 Å². The second-order valence-electron chi connectivity index (χ2n) is 5.51. The number of anilines is 1. The van der Waals surface area contributed by atoms with Crippen molar-refractivity contribution in [2.24, 2.45) is 12.8 Å². The summed E-state index contributed by atoms with van der Waals surface area (Å²) < 4.78 is 1.78. The highest BCUT2D eigenvalue weighted by Gasteiger charge is 2.13. The smallest absolute Gasteiger partial charge is 0.234 e. The van der Waals surface area contributed by atoms with E-state index in [9.17, 15) is 9.59 Å². The average molecular weight is 347 g/mol. The fraction of sp³-hybridized carbons (Fsp3) is 0.375. The van der Waals surface area contributed by atoms with Crippen molar-refractivity contribution in [3.63, 3.8) is 0 Å². The van der Waals surface area contributed by atoms with Gasteiger partial charge >= 0.3 is 0 Å². The van der Waals surface area contributed by atoms with Gasteiger partial charge in [0.1, 0.15) is 5.82 Å². The molecule has 0 saturated carbocycles. The highest BCUT2D eigenvalue weighted by Crippen LogP contribution is 2.20. The number of benzene rings is 1. The standard InChI is InChI=1S/C16H21N5O2S/c1-10-5-4-6-12(11(10)2)18-15(23)9-24-16-20-19-14(21(16)3)8-7-13(17)22/h4-6H,7-9H2,1-3H3,(H2,17,22)(H,18,23). The molecule has 2 rings (SSSR count). The molecular weight excluding hydrogens is 326 g/mol. The molecule has 0 unspecified atom stereocenters. The van der Waals surface area contributed by atoms with E-state index in [2.05, 4.69) is 15.5 Å². The van der Waals surface area contributed by atoms with Crippen molar-refractivity contribution in [3.05, 3.63) is 35.2 Å². The largest absolute Gasteiger partial charge is 0.370 e. The molecule has 0 spiro atoms. The third-order valence-corrected chi connectivity index (χ3v) is 4.75. The molecule has 0 aliphatic carbocycles. The van der Waals surface area contributed by atoms with Crippen LogP contribution in [0.15, 0.2) is 23.4 Å². The third-order valence-electron chi connectivity index (χ3n) is 3.73. The number of hydrogen-bond acceptors (Lipinski definition) is 5. The summed E-state index contributed by atoms with van der Waals surface area (Å²) in [6.45, 7) is 3.98. The molecule has 8 heteroatoms. The van der Waals surface area contributed by atoms with Crippen LogP contribution in [0, 0.1) is 13.8 Å². The third kappa shape index (κ3) is 4.58. The van der Waals surface area contributed by atoms with Crippen LogP contribution >= 0.6 is 11.8 Å². The summed E-state index contributed by atoms with van der Waals surface area (Å²) in [5.41, 5.74) is 8.15. The zero-order valence-electron chi connectivity index (χ0n) is 14.0. The zero-order valence-corrected chi connectivity index (χ0v) is 14.8. The van der Waals surface area contributed by atoms with Gasteiger partial charge in [0.15, 0.2) is 5.16 Å². The van der Waals surface area contributed by atoms with Gasteiger partial charge in [-0.15, -0.1) is 10.2 Å². The van der Waals surface area contributed by atoms with Crippen molar-refractivity contribution < 1.29 is 9.59 Å². The molecule has 0 fully saturated rings. The predicted molar refractivity (Wildman–Crippen MR) is 93.8 cm³/mol. The molecule has 0 aliphatic rings. The summed E-state index contributed by atoms with van der Waals surface area (Å²) >= 11 is 1.30. The lowest BCUT2D eigenvalue weighted by Gasteiger charge is -2.10. The number of nitrogens with zero attached hydrogens (tertiary/aromatic N) is 3. The Labute approximate surface area is 145 Å². The Hall–Kier alpha value is -2.35. The van der Waals surface area contributed by atoms with E-state index in [0.29, 0.717) is 17.4 Å². The van der Waals surface area contributed by atoms with E-state index in [4.69, 9.17) is 5.73 Å². The Bertz CT molecular complexity index is 757. The van der Waals surface area contributed by atoms with Crippen LogP contribution in [0.3, 0.4) is 0 Å². The number of nitrogens with two attached hydrogens (primary N) is 1. The Morgan fingerprint density at radius 3 is 2.75 bits per heavy atom. The average Bonchev–Trinajstić information content (AvgIpc) is 2.88. The molecule has 0 saturated heterocycles. The van der Waals surface area contributed by atoms with Crippen molar-refractivity contribution in [2.45, 2.75) is 31.8 Å². The van der Waals surface area contributed by atoms with Gasteiger partial charge in [0, 0.05) is 25.6 Å². The lowest BCUT2D eigenvalue weighted by Crippen LogP contribution is -2.15. The lowest BCUT2D eigenvalue weighted by molar-refractivity contribution is -0.118. The van der Waals surface area contributed by atoms with E-state index in [1.165, 1.54) is 11.8 Å². The first-order chi connectivity index (χ1) is 11.4. The summed E-state index contributed by atoms with van der Waals surface area (Å²) in [5, 5.41) is 11.6. The van der Waals surface area contributed by atoms with Gasteiger partial charge in [0.25, 0.3) is 0 Å².